The molecule has 0 radical (unpaired) electrons. The first-order valence-corrected chi connectivity index (χ1v) is 9.90. The average molecular weight is 469 g/mol. The minimum atomic E-state index is 0. The molecule has 0 aromatic carbocycles. The fourth-order valence-corrected chi connectivity index (χ4v) is 3.37. The van der Waals surface area contributed by atoms with E-state index in [1.165, 1.54) is 32.1 Å². The molecule has 0 aromatic heterocycles. The Balaban J connectivity index is 0.00000576. The second-order valence-corrected chi connectivity index (χ2v) is 7.15. The molecule has 0 bridgehead atoms. The molecular weight excluding hydrogens is 429 g/mol. The van der Waals surface area contributed by atoms with Gasteiger partial charge in [0, 0.05) is 31.7 Å². The van der Waals surface area contributed by atoms with E-state index in [4.69, 9.17) is 9.73 Å². The van der Waals surface area contributed by atoms with E-state index in [0.29, 0.717) is 6.61 Å². The monoisotopic (exact) mass is 469 g/mol. The quantitative estimate of drug-likeness (QED) is 0.232. The van der Waals surface area contributed by atoms with Crippen LogP contribution in [-0.2, 0) is 4.74 Å². The van der Waals surface area contributed by atoms with Crippen LogP contribution < -0.4 is 10.6 Å². The van der Waals surface area contributed by atoms with Gasteiger partial charge in [-0.05, 0) is 38.5 Å². The Labute approximate surface area is 171 Å². The van der Waals surface area contributed by atoms with E-state index in [9.17, 15) is 5.11 Å². The molecule has 0 saturated carbocycles. The molecule has 1 aliphatic heterocycles. The van der Waals surface area contributed by atoms with Gasteiger partial charge < -0.3 is 20.5 Å². The van der Waals surface area contributed by atoms with Crippen LogP contribution in [0.3, 0.4) is 0 Å². The van der Waals surface area contributed by atoms with E-state index >= 15 is 0 Å². The third kappa shape index (κ3) is 9.99. The van der Waals surface area contributed by atoms with Crippen molar-refractivity contribution in [2.24, 2.45) is 16.3 Å². The van der Waals surface area contributed by atoms with Crippen LogP contribution in [0.5, 0.6) is 0 Å². The lowest BCUT2D eigenvalue weighted by atomic mass is 9.84. The number of nitrogens with one attached hydrogen (secondary N) is 2. The molecule has 6 heteroatoms. The van der Waals surface area contributed by atoms with Gasteiger partial charge in [-0.25, -0.2) is 0 Å². The molecule has 150 valence electrons. The molecule has 0 aromatic rings. The van der Waals surface area contributed by atoms with Gasteiger partial charge in [0.1, 0.15) is 0 Å². The number of rotatable bonds is 12. The molecule has 1 saturated heterocycles. The molecule has 25 heavy (non-hydrogen) atoms. The van der Waals surface area contributed by atoms with Crippen molar-refractivity contribution in [1.29, 1.82) is 0 Å². The maximum atomic E-state index is 9.34. The van der Waals surface area contributed by atoms with E-state index in [-0.39, 0.29) is 36.0 Å². The Bertz CT molecular complexity index is 348. The van der Waals surface area contributed by atoms with Crippen LogP contribution in [0.15, 0.2) is 4.99 Å². The standard InChI is InChI=1S/C19H39N3O2.HI/c1-4-7-9-17(8-5-2)14-21-18(20-6-3)22-15-19(10-12-23)11-13-24-16-19;/h17,23H,4-16H2,1-3H3,(H2,20,21,22);1H. The van der Waals surface area contributed by atoms with Crippen LogP contribution in [0.25, 0.3) is 0 Å². The highest BCUT2D eigenvalue weighted by molar-refractivity contribution is 14.0. The summed E-state index contributed by atoms with van der Waals surface area (Å²) < 4.78 is 5.56. The highest BCUT2D eigenvalue weighted by Gasteiger charge is 2.34. The van der Waals surface area contributed by atoms with Crippen molar-refractivity contribution < 1.29 is 9.84 Å². The summed E-state index contributed by atoms with van der Waals surface area (Å²) >= 11 is 0. The Morgan fingerprint density at radius 1 is 1.20 bits per heavy atom. The number of aliphatic hydroxyl groups excluding tert-OH is 1. The Hall–Kier alpha value is -0.0800. The second kappa shape index (κ2) is 15.0. The molecule has 2 atom stereocenters. The average Bonchev–Trinajstić information content (AvgIpc) is 3.04. The Morgan fingerprint density at radius 2 is 2.00 bits per heavy atom. The predicted molar refractivity (Wildman–Crippen MR) is 117 cm³/mol. The molecule has 0 aliphatic carbocycles. The number of halogens is 1. The summed E-state index contributed by atoms with van der Waals surface area (Å²) in [5.74, 6) is 1.62. The number of ether oxygens (including phenoxy) is 1. The SMILES string of the molecule is CCCCC(CCC)CNC(=NCC1(CCO)CCOC1)NCC.I. The van der Waals surface area contributed by atoms with Crippen molar-refractivity contribution in [2.75, 3.05) is 39.5 Å². The van der Waals surface area contributed by atoms with E-state index in [2.05, 4.69) is 31.4 Å². The Morgan fingerprint density at radius 3 is 2.56 bits per heavy atom. The topological polar surface area (TPSA) is 65.9 Å². The van der Waals surface area contributed by atoms with E-state index in [0.717, 1.165) is 51.0 Å². The van der Waals surface area contributed by atoms with Gasteiger partial charge >= 0.3 is 0 Å². The van der Waals surface area contributed by atoms with Crippen molar-refractivity contribution in [1.82, 2.24) is 10.6 Å². The third-order valence-electron chi connectivity index (χ3n) is 4.96. The van der Waals surface area contributed by atoms with Crippen LogP contribution in [-0.4, -0.2) is 50.5 Å². The number of aliphatic hydroxyl groups is 1. The van der Waals surface area contributed by atoms with Crippen molar-refractivity contribution in [3.63, 3.8) is 0 Å². The number of guanidine groups is 1. The highest BCUT2D eigenvalue weighted by atomic mass is 127. The molecule has 5 nitrogen and oxygen atoms in total. The minimum Gasteiger partial charge on any atom is -0.396 e. The number of nitrogens with zero attached hydrogens (tertiary/aromatic N) is 1. The summed E-state index contributed by atoms with van der Waals surface area (Å²) in [5, 5.41) is 16.2. The number of hydrogen-bond donors (Lipinski definition) is 3. The van der Waals surface area contributed by atoms with Crippen LogP contribution in [0.2, 0.25) is 0 Å². The molecule has 2 unspecified atom stereocenters. The summed E-state index contributed by atoms with van der Waals surface area (Å²) in [6, 6.07) is 0. The first-order chi connectivity index (χ1) is 11.7. The van der Waals surface area contributed by atoms with Crippen LogP contribution in [0, 0.1) is 11.3 Å². The first-order valence-electron chi connectivity index (χ1n) is 9.90. The first kappa shape index (κ1) is 24.9. The maximum absolute atomic E-state index is 9.34. The minimum absolute atomic E-state index is 0. The van der Waals surface area contributed by atoms with Gasteiger partial charge in [0.2, 0.25) is 0 Å². The van der Waals surface area contributed by atoms with Crippen LogP contribution in [0.4, 0.5) is 0 Å². The van der Waals surface area contributed by atoms with E-state index in [1.54, 1.807) is 0 Å². The fourth-order valence-electron chi connectivity index (χ4n) is 3.37. The molecular formula is C19H40IN3O2. The lowest BCUT2D eigenvalue weighted by Crippen LogP contribution is -2.41. The van der Waals surface area contributed by atoms with Crippen molar-refractivity contribution in [3.8, 4) is 0 Å². The van der Waals surface area contributed by atoms with Gasteiger partial charge in [-0.2, -0.15) is 0 Å². The van der Waals surface area contributed by atoms with Crippen LogP contribution >= 0.6 is 24.0 Å². The molecule has 0 amide bonds. The van der Waals surface area contributed by atoms with Gasteiger partial charge in [-0.15, -0.1) is 24.0 Å². The zero-order valence-electron chi connectivity index (χ0n) is 16.5. The maximum Gasteiger partial charge on any atom is 0.191 e. The van der Waals surface area contributed by atoms with Crippen molar-refractivity contribution >= 4 is 29.9 Å². The van der Waals surface area contributed by atoms with Gasteiger partial charge in [-0.1, -0.05) is 33.1 Å². The summed E-state index contributed by atoms with van der Waals surface area (Å²) in [4.78, 5) is 4.80. The molecule has 1 fully saturated rings. The van der Waals surface area contributed by atoms with Gasteiger partial charge in [0.05, 0.1) is 13.2 Å². The fraction of sp³-hybridized carbons (Fsp3) is 0.947. The Kier molecular flexibility index (Phi) is 15.0. The molecule has 1 aliphatic rings. The second-order valence-electron chi connectivity index (χ2n) is 7.15. The lowest BCUT2D eigenvalue weighted by molar-refractivity contribution is 0.131. The van der Waals surface area contributed by atoms with Gasteiger partial charge in [0.25, 0.3) is 0 Å². The molecule has 3 N–H and O–H groups in total. The largest absolute Gasteiger partial charge is 0.396 e. The number of unbranched alkanes of at least 4 members (excludes halogenated alkanes) is 1. The van der Waals surface area contributed by atoms with Crippen molar-refractivity contribution in [2.45, 2.75) is 65.7 Å². The molecule has 0 spiro atoms. The number of aliphatic imine (C=N–C) groups is 1. The van der Waals surface area contributed by atoms with Gasteiger partial charge in [-0.3, -0.25) is 4.99 Å². The normalized spacial score (nSPS) is 21.7. The summed E-state index contributed by atoms with van der Waals surface area (Å²) in [5.41, 5.74) is 0.0160. The zero-order chi connectivity index (χ0) is 17.7. The predicted octanol–water partition coefficient (Wildman–Crippen LogP) is 3.56. The molecule has 1 rings (SSSR count). The van der Waals surface area contributed by atoms with E-state index in [1.807, 2.05) is 0 Å². The summed E-state index contributed by atoms with van der Waals surface area (Å²) in [6.07, 6.45) is 8.12. The van der Waals surface area contributed by atoms with Gasteiger partial charge in [0.15, 0.2) is 5.96 Å². The number of hydrogen-bond acceptors (Lipinski definition) is 3. The lowest BCUT2D eigenvalue weighted by Gasteiger charge is -2.25. The summed E-state index contributed by atoms with van der Waals surface area (Å²) in [7, 11) is 0. The highest BCUT2D eigenvalue weighted by Crippen LogP contribution is 2.32. The van der Waals surface area contributed by atoms with E-state index < -0.39 is 0 Å². The van der Waals surface area contributed by atoms with Crippen molar-refractivity contribution in [3.05, 3.63) is 0 Å². The third-order valence-corrected chi connectivity index (χ3v) is 4.96. The zero-order valence-corrected chi connectivity index (χ0v) is 18.8. The molecule has 1 heterocycles. The van der Waals surface area contributed by atoms with Crippen LogP contribution in [0.1, 0.15) is 65.7 Å². The summed E-state index contributed by atoms with van der Waals surface area (Å²) in [6.45, 7) is 10.9. The smallest absolute Gasteiger partial charge is 0.191 e.